The van der Waals surface area contributed by atoms with E-state index in [1.165, 1.54) is 0 Å². The zero-order valence-electron chi connectivity index (χ0n) is 11.7. The second kappa shape index (κ2) is 5.36. The Balaban J connectivity index is 2.62. The first kappa shape index (κ1) is 14.5. The third kappa shape index (κ3) is 4.28. The van der Waals surface area contributed by atoms with Crippen LogP contribution in [0.4, 0.5) is 0 Å². The molecule has 1 aliphatic heterocycles. The van der Waals surface area contributed by atoms with Crippen LogP contribution in [0.15, 0.2) is 0 Å². The van der Waals surface area contributed by atoms with E-state index in [-0.39, 0.29) is 23.7 Å². The number of nitrogens with two attached hydrogens (primary N) is 1. The van der Waals surface area contributed by atoms with Gasteiger partial charge in [0.15, 0.2) is 0 Å². The highest BCUT2D eigenvalue weighted by atomic mass is 16.5. The first-order chi connectivity index (χ1) is 7.71. The van der Waals surface area contributed by atoms with E-state index in [1.54, 1.807) is 0 Å². The van der Waals surface area contributed by atoms with Crippen LogP contribution in [-0.4, -0.2) is 41.6 Å². The van der Waals surface area contributed by atoms with Crippen LogP contribution in [0.1, 0.15) is 41.0 Å². The van der Waals surface area contributed by atoms with E-state index < -0.39 is 0 Å². The number of carbonyl (C=O) groups excluding carboxylic acids is 1. The number of morpholine rings is 1. The summed E-state index contributed by atoms with van der Waals surface area (Å²) in [6.07, 6.45) is 0.819. The summed E-state index contributed by atoms with van der Waals surface area (Å²) in [4.78, 5) is 14.1. The molecule has 100 valence electrons. The van der Waals surface area contributed by atoms with Crippen LogP contribution >= 0.6 is 0 Å². The average molecular weight is 242 g/mol. The molecule has 4 nitrogen and oxygen atoms in total. The number of carbonyl (C=O) groups is 1. The Morgan fingerprint density at radius 1 is 1.53 bits per heavy atom. The molecule has 4 heteroatoms. The molecular weight excluding hydrogens is 216 g/mol. The summed E-state index contributed by atoms with van der Waals surface area (Å²) < 4.78 is 5.78. The van der Waals surface area contributed by atoms with Gasteiger partial charge in [-0.2, -0.15) is 0 Å². The molecule has 17 heavy (non-hydrogen) atoms. The SMILES string of the molecule is CC(C)C[C@H](N)C(=O)N1CC(C)OC(C)(C)C1. The lowest BCUT2D eigenvalue weighted by Crippen LogP contribution is -2.57. The van der Waals surface area contributed by atoms with E-state index in [0.29, 0.717) is 19.0 Å². The minimum atomic E-state index is -0.379. The van der Waals surface area contributed by atoms with Gasteiger partial charge in [0, 0.05) is 13.1 Å². The van der Waals surface area contributed by atoms with E-state index >= 15 is 0 Å². The topological polar surface area (TPSA) is 55.6 Å². The minimum absolute atomic E-state index is 0.0573. The molecular formula is C13H26N2O2. The van der Waals surface area contributed by atoms with Gasteiger partial charge in [0.2, 0.25) is 5.91 Å². The zero-order valence-corrected chi connectivity index (χ0v) is 11.7. The second-order valence-corrected chi connectivity index (χ2v) is 6.14. The van der Waals surface area contributed by atoms with Crippen molar-refractivity contribution in [3.05, 3.63) is 0 Å². The van der Waals surface area contributed by atoms with Crippen LogP contribution in [0, 0.1) is 5.92 Å². The Morgan fingerprint density at radius 2 is 2.12 bits per heavy atom. The molecule has 1 saturated heterocycles. The Morgan fingerprint density at radius 3 is 2.59 bits per heavy atom. The Bertz CT molecular complexity index is 277. The van der Waals surface area contributed by atoms with Gasteiger partial charge in [-0.25, -0.2) is 0 Å². The maximum absolute atomic E-state index is 12.2. The molecule has 0 aliphatic carbocycles. The van der Waals surface area contributed by atoms with Gasteiger partial charge >= 0.3 is 0 Å². The van der Waals surface area contributed by atoms with Crippen LogP contribution in [0.25, 0.3) is 0 Å². The van der Waals surface area contributed by atoms with Crippen molar-refractivity contribution in [3.8, 4) is 0 Å². The molecule has 0 bridgehead atoms. The average Bonchev–Trinajstić information content (AvgIpc) is 2.12. The molecule has 1 amide bonds. The number of hydrogen-bond acceptors (Lipinski definition) is 3. The minimum Gasteiger partial charge on any atom is -0.369 e. The molecule has 0 radical (unpaired) electrons. The summed E-state index contributed by atoms with van der Waals surface area (Å²) in [5.41, 5.74) is 5.68. The predicted octanol–water partition coefficient (Wildman–Crippen LogP) is 1.39. The summed E-state index contributed by atoms with van der Waals surface area (Å²) in [5.74, 6) is 0.502. The van der Waals surface area contributed by atoms with Gasteiger partial charge in [0.05, 0.1) is 17.7 Å². The quantitative estimate of drug-likeness (QED) is 0.813. The monoisotopic (exact) mass is 242 g/mol. The number of nitrogens with zero attached hydrogens (tertiary/aromatic N) is 1. The van der Waals surface area contributed by atoms with Crippen LogP contribution < -0.4 is 5.73 Å². The summed E-state index contributed by atoms with van der Waals surface area (Å²) in [6, 6.07) is -0.379. The van der Waals surface area contributed by atoms with Gasteiger partial charge < -0.3 is 15.4 Å². The standard InChI is InChI=1S/C13H26N2O2/c1-9(2)6-11(14)12(16)15-7-10(3)17-13(4,5)8-15/h9-11H,6-8,14H2,1-5H3/t10?,11-/m0/s1. The van der Waals surface area contributed by atoms with Gasteiger partial charge in [0.25, 0.3) is 0 Å². The number of hydrogen-bond donors (Lipinski definition) is 1. The molecule has 0 aromatic rings. The molecule has 0 aromatic carbocycles. The Kier molecular flexibility index (Phi) is 4.55. The van der Waals surface area contributed by atoms with E-state index in [4.69, 9.17) is 10.5 Å². The summed E-state index contributed by atoms with van der Waals surface area (Å²) in [5, 5.41) is 0. The fraction of sp³-hybridized carbons (Fsp3) is 0.923. The van der Waals surface area contributed by atoms with E-state index in [0.717, 1.165) is 6.42 Å². The van der Waals surface area contributed by atoms with Crippen molar-refractivity contribution >= 4 is 5.91 Å². The highest BCUT2D eigenvalue weighted by molar-refractivity contribution is 5.81. The van der Waals surface area contributed by atoms with E-state index in [9.17, 15) is 4.79 Å². The predicted molar refractivity (Wildman–Crippen MR) is 68.6 cm³/mol. The third-order valence-electron chi connectivity index (χ3n) is 2.92. The van der Waals surface area contributed by atoms with Crippen LogP contribution in [0.2, 0.25) is 0 Å². The fourth-order valence-electron chi connectivity index (χ4n) is 2.46. The van der Waals surface area contributed by atoms with Gasteiger partial charge in [0.1, 0.15) is 0 Å². The van der Waals surface area contributed by atoms with Gasteiger partial charge in [-0.1, -0.05) is 13.8 Å². The maximum atomic E-state index is 12.2. The first-order valence-corrected chi connectivity index (χ1v) is 6.43. The molecule has 1 rings (SSSR count). The number of amides is 1. The van der Waals surface area contributed by atoms with Crippen molar-refractivity contribution in [3.63, 3.8) is 0 Å². The van der Waals surface area contributed by atoms with Crippen molar-refractivity contribution in [2.75, 3.05) is 13.1 Å². The second-order valence-electron chi connectivity index (χ2n) is 6.14. The van der Waals surface area contributed by atoms with Gasteiger partial charge in [-0.15, -0.1) is 0 Å². The highest BCUT2D eigenvalue weighted by Crippen LogP contribution is 2.21. The van der Waals surface area contributed by atoms with Gasteiger partial charge in [-0.3, -0.25) is 4.79 Å². The number of rotatable bonds is 3. The van der Waals surface area contributed by atoms with Crippen molar-refractivity contribution in [2.24, 2.45) is 11.7 Å². The summed E-state index contributed by atoms with van der Waals surface area (Å²) in [7, 11) is 0. The molecule has 1 aliphatic rings. The molecule has 1 unspecified atom stereocenters. The number of ether oxygens (including phenoxy) is 1. The molecule has 0 spiro atoms. The fourth-order valence-corrected chi connectivity index (χ4v) is 2.46. The molecule has 2 atom stereocenters. The Hall–Kier alpha value is -0.610. The zero-order chi connectivity index (χ0) is 13.2. The first-order valence-electron chi connectivity index (χ1n) is 6.43. The van der Waals surface area contributed by atoms with Crippen molar-refractivity contribution < 1.29 is 9.53 Å². The smallest absolute Gasteiger partial charge is 0.239 e. The third-order valence-corrected chi connectivity index (χ3v) is 2.92. The molecule has 2 N–H and O–H groups in total. The molecule has 0 aromatic heterocycles. The lowest BCUT2D eigenvalue weighted by molar-refractivity contribution is -0.159. The van der Waals surface area contributed by atoms with Crippen LogP contribution in [0.5, 0.6) is 0 Å². The summed E-state index contributed by atoms with van der Waals surface area (Å²) in [6.45, 7) is 11.5. The lowest BCUT2D eigenvalue weighted by Gasteiger charge is -2.42. The van der Waals surface area contributed by atoms with Crippen molar-refractivity contribution in [1.29, 1.82) is 0 Å². The molecule has 1 fully saturated rings. The molecule has 0 saturated carbocycles. The Labute approximate surface area is 104 Å². The molecule has 1 heterocycles. The lowest BCUT2D eigenvalue weighted by atomic mass is 10.0. The maximum Gasteiger partial charge on any atom is 0.239 e. The van der Waals surface area contributed by atoms with Gasteiger partial charge in [-0.05, 0) is 33.1 Å². The highest BCUT2D eigenvalue weighted by Gasteiger charge is 2.35. The van der Waals surface area contributed by atoms with Crippen molar-refractivity contribution in [2.45, 2.75) is 58.8 Å². The van der Waals surface area contributed by atoms with E-state index in [2.05, 4.69) is 13.8 Å². The van der Waals surface area contributed by atoms with Crippen LogP contribution in [0.3, 0.4) is 0 Å². The summed E-state index contributed by atoms with van der Waals surface area (Å²) >= 11 is 0. The van der Waals surface area contributed by atoms with Crippen molar-refractivity contribution in [1.82, 2.24) is 4.90 Å². The van der Waals surface area contributed by atoms with E-state index in [1.807, 2.05) is 25.7 Å². The largest absolute Gasteiger partial charge is 0.369 e. The normalized spacial score (nSPS) is 26.1. The van der Waals surface area contributed by atoms with Crippen LogP contribution in [-0.2, 0) is 9.53 Å².